The second kappa shape index (κ2) is 2.97. The predicted molar refractivity (Wildman–Crippen MR) is 56.2 cm³/mol. The monoisotopic (exact) mass is 190 g/mol. The fourth-order valence-corrected chi connectivity index (χ4v) is 1.30. The van der Waals surface area contributed by atoms with Gasteiger partial charge in [-0.15, -0.1) is 0 Å². The summed E-state index contributed by atoms with van der Waals surface area (Å²) in [5.41, 5.74) is 8.43. The van der Waals surface area contributed by atoms with E-state index in [1.807, 2.05) is 19.2 Å². The molecule has 0 aliphatic carbocycles. The van der Waals surface area contributed by atoms with Crippen LogP contribution in [0.5, 0.6) is 0 Å². The summed E-state index contributed by atoms with van der Waals surface area (Å²) in [7, 11) is 0. The van der Waals surface area contributed by atoms with Crippen molar-refractivity contribution in [1.82, 2.24) is 14.6 Å². The molecule has 2 heterocycles. The van der Waals surface area contributed by atoms with E-state index in [9.17, 15) is 0 Å². The first-order valence-electron chi connectivity index (χ1n) is 4.70. The van der Waals surface area contributed by atoms with Crippen molar-refractivity contribution in [3.05, 3.63) is 23.7 Å². The Morgan fingerprint density at radius 2 is 2.14 bits per heavy atom. The molecule has 14 heavy (non-hydrogen) atoms. The van der Waals surface area contributed by atoms with Crippen molar-refractivity contribution < 1.29 is 0 Å². The molecule has 2 aromatic rings. The van der Waals surface area contributed by atoms with Crippen LogP contribution in [0.15, 0.2) is 12.3 Å². The Morgan fingerprint density at radius 1 is 1.43 bits per heavy atom. The van der Waals surface area contributed by atoms with E-state index in [0.717, 1.165) is 22.7 Å². The van der Waals surface area contributed by atoms with E-state index in [4.69, 9.17) is 5.73 Å². The van der Waals surface area contributed by atoms with E-state index in [1.165, 1.54) is 0 Å². The Kier molecular flexibility index (Phi) is 1.91. The van der Waals surface area contributed by atoms with Crippen LogP contribution in [-0.4, -0.2) is 14.6 Å². The lowest BCUT2D eigenvalue weighted by atomic mass is 10.2. The number of nitrogens with two attached hydrogens (primary N) is 1. The topological polar surface area (TPSA) is 56.2 Å². The zero-order valence-corrected chi connectivity index (χ0v) is 8.65. The molecule has 0 aliphatic rings. The third kappa shape index (κ3) is 1.32. The maximum absolute atomic E-state index is 5.78. The van der Waals surface area contributed by atoms with Gasteiger partial charge in [-0.25, -0.2) is 9.50 Å². The van der Waals surface area contributed by atoms with Crippen LogP contribution in [-0.2, 0) is 0 Å². The van der Waals surface area contributed by atoms with Gasteiger partial charge in [0.1, 0.15) is 0 Å². The molecule has 0 saturated heterocycles. The number of fused-ring (bicyclic) bond motifs is 1. The van der Waals surface area contributed by atoms with Crippen molar-refractivity contribution in [2.45, 2.75) is 26.7 Å². The van der Waals surface area contributed by atoms with Crippen LogP contribution in [0.3, 0.4) is 0 Å². The summed E-state index contributed by atoms with van der Waals surface area (Å²) in [5.74, 6) is 1.20. The minimum absolute atomic E-state index is 0.344. The van der Waals surface area contributed by atoms with Gasteiger partial charge in [-0.2, -0.15) is 5.10 Å². The molecule has 0 spiro atoms. The van der Waals surface area contributed by atoms with Crippen molar-refractivity contribution in [2.75, 3.05) is 5.73 Å². The molecule has 2 N–H and O–H groups in total. The van der Waals surface area contributed by atoms with E-state index in [2.05, 4.69) is 23.9 Å². The van der Waals surface area contributed by atoms with Gasteiger partial charge in [0.15, 0.2) is 11.5 Å². The second-order valence-electron chi connectivity index (χ2n) is 3.84. The molecule has 0 radical (unpaired) electrons. The summed E-state index contributed by atoms with van der Waals surface area (Å²) in [6.07, 6.45) is 1.81. The van der Waals surface area contributed by atoms with Gasteiger partial charge in [-0.05, 0) is 18.6 Å². The van der Waals surface area contributed by atoms with Crippen molar-refractivity contribution in [1.29, 1.82) is 0 Å². The van der Waals surface area contributed by atoms with Crippen LogP contribution >= 0.6 is 0 Å². The molecule has 0 saturated carbocycles. The Hall–Kier alpha value is -1.58. The molecule has 0 atom stereocenters. The zero-order valence-electron chi connectivity index (χ0n) is 8.65. The normalized spacial score (nSPS) is 11.4. The number of hydrogen-bond acceptors (Lipinski definition) is 3. The van der Waals surface area contributed by atoms with Gasteiger partial charge >= 0.3 is 0 Å². The van der Waals surface area contributed by atoms with Gasteiger partial charge in [0.25, 0.3) is 0 Å². The highest BCUT2D eigenvalue weighted by Crippen LogP contribution is 2.15. The first-order valence-corrected chi connectivity index (χ1v) is 4.70. The maximum Gasteiger partial charge on any atom is 0.156 e. The van der Waals surface area contributed by atoms with Gasteiger partial charge in [0.05, 0.1) is 11.9 Å². The molecule has 0 aliphatic heterocycles. The molecule has 0 bridgehead atoms. The number of rotatable bonds is 1. The minimum atomic E-state index is 0.344. The predicted octanol–water partition coefficient (Wildman–Crippen LogP) is 1.74. The van der Waals surface area contributed by atoms with E-state index < -0.39 is 0 Å². The molecular weight excluding hydrogens is 176 g/mol. The van der Waals surface area contributed by atoms with Gasteiger partial charge < -0.3 is 5.73 Å². The highest BCUT2D eigenvalue weighted by Gasteiger charge is 2.08. The summed E-state index contributed by atoms with van der Waals surface area (Å²) < 4.78 is 1.73. The smallest absolute Gasteiger partial charge is 0.156 e. The van der Waals surface area contributed by atoms with Crippen molar-refractivity contribution in [3.8, 4) is 0 Å². The maximum atomic E-state index is 5.78. The molecule has 0 fully saturated rings. The molecule has 0 amide bonds. The van der Waals surface area contributed by atoms with E-state index in [0.29, 0.717) is 5.92 Å². The van der Waals surface area contributed by atoms with Crippen LogP contribution in [0.2, 0.25) is 0 Å². The Morgan fingerprint density at radius 3 is 2.79 bits per heavy atom. The Bertz CT molecular complexity index is 431. The average molecular weight is 190 g/mol. The number of nitrogen functional groups attached to an aromatic ring is 1. The molecule has 4 nitrogen and oxygen atoms in total. The Labute approximate surface area is 82.8 Å². The number of hydrogen-bond donors (Lipinski definition) is 1. The molecule has 0 aromatic carbocycles. The lowest BCUT2D eigenvalue weighted by Gasteiger charge is -1.98. The summed E-state index contributed by atoms with van der Waals surface area (Å²) in [4.78, 5) is 4.41. The van der Waals surface area contributed by atoms with Crippen molar-refractivity contribution in [2.24, 2.45) is 0 Å². The zero-order chi connectivity index (χ0) is 10.3. The highest BCUT2D eigenvalue weighted by atomic mass is 15.3. The molecule has 74 valence electrons. The number of aromatic nitrogens is 3. The first kappa shape index (κ1) is 8.99. The standard InChI is InChI=1S/C10H14N4/c1-6(2)10-12-9-4-7(3)8(11)5-14(9)13-10/h4-6H,11H2,1-3H3. The number of aryl methyl sites for hydroxylation is 1. The largest absolute Gasteiger partial charge is 0.397 e. The molecule has 2 aromatic heterocycles. The van der Waals surface area contributed by atoms with Gasteiger partial charge in [0.2, 0.25) is 0 Å². The fourth-order valence-electron chi connectivity index (χ4n) is 1.30. The van der Waals surface area contributed by atoms with Gasteiger partial charge in [-0.1, -0.05) is 13.8 Å². The van der Waals surface area contributed by atoms with E-state index in [-0.39, 0.29) is 0 Å². The highest BCUT2D eigenvalue weighted by molar-refractivity contribution is 5.52. The van der Waals surface area contributed by atoms with E-state index >= 15 is 0 Å². The van der Waals surface area contributed by atoms with Crippen LogP contribution in [0.25, 0.3) is 5.65 Å². The third-order valence-corrected chi connectivity index (χ3v) is 2.25. The molecular formula is C10H14N4. The van der Waals surface area contributed by atoms with Crippen molar-refractivity contribution in [3.63, 3.8) is 0 Å². The van der Waals surface area contributed by atoms with Crippen LogP contribution in [0.1, 0.15) is 31.2 Å². The number of anilines is 1. The van der Waals surface area contributed by atoms with Crippen LogP contribution in [0, 0.1) is 6.92 Å². The summed E-state index contributed by atoms with van der Waals surface area (Å²) in [6.45, 7) is 6.12. The minimum Gasteiger partial charge on any atom is -0.397 e. The quantitative estimate of drug-likeness (QED) is 0.745. The van der Waals surface area contributed by atoms with Gasteiger partial charge in [0, 0.05) is 5.92 Å². The number of pyridine rings is 1. The average Bonchev–Trinajstić information content (AvgIpc) is 2.48. The third-order valence-electron chi connectivity index (χ3n) is 2.25. The lowest BCUT2D eigenvalue weighted by molar-refractivity contribution is 0.765. The molecule has 4 heteroatoms. The summed E-state index contributed by atoms with van der Waals surface area (Å²) in [5, 5.41) is 4.34. The van der Waals surface area contributed by atoms with Crippen molar-refractivity contribution >= 4 is 11.3 Å². The second-order valence-corrected chi connectivity index (χ2v) is 3.84. The Balaban J connectivity index is 2.66. The molecule has 0 unspecified atom stereocenters. The number of nitrogens with zero attached hydrogens (tertiary/aromatic N) is 3. The van der Waals surface area contributed by atoms with Crippen LogP contribution in [0.4, 0.5) is 5.69 Å². The van der Waals surface area contributed by atoms with Crippen LogP contribution < -0.4 is 5.73 Å². The summed E-state index contributed by atoms with van der Waals surface area (Å²) >= 11 is 0. The SMILES string of the molecule is Cc1cc2nc(C(C)C)nn2cc1N. The molecule has 2 rings (SSSR count). The lowest BCUT2D eigenvalue weighted by Crippen LogP contribution is -1.95. The fraction of sp³-hybridized carbons (Fsp3) is 0.400. The van der Waals surface area contributed by atoms with E-state index in [1.54, 1.807) is 4.52 Å². The first-order chi connectivity index (χ1) is 6.58. The van der Waals surface area contributed by atoms with Gasteiger partial charge in [-0.3, -0.25) is 0 Å². The summed E-state index contributed by atoms with van der Waals surface area (Å²) in [6, 6.07) is 1.95.